The van der Waals surface area contributed by atoms with E-state index in [0.717, 1.165) is 36.2 Å². The zero-order valence-electron chi connectivity index (χ0n) is 15.4. The lowest BCUT2D eigenvalue weighted by Crippen LogP contribution is -2.45. The van der Waals surface area contributed by atoms with Crippen LogP contribution in [-0.2, 0) is 11.3 Å². The van der Waals surface area contributed by atoms with Crippen molar-refractivity contribution in [3.05, 3.63) is 53.1 Å². The Morgan fingerprint density at radius 2 is 2.07 bits per heavy atom. The monoisotopic (exact) mass is 381 g/mol. The number of nitrogens with zero attached hydrogens (tertiary/aromatic N) is 3. The molecule has 0 saturated carbocycles. The summed E-state index contributed by atoms with van der Waals surface area (Å²) in [5.74, 6) is 0.0170. The highest BCUT2D eigenvalue weighted by Crippen LogP contribution is 2.30. The van der Waals surface area contributed by atoms with Crippen molar-refractivity contribution in [3.8, 4) is 10.4 Å². The van der Waals surface area contributed by atoms with E-state index in [2.05, 4.69) is 11.9 Å². The number of amides is 1. The summed E-state index contributed by atoms with van der Waals surface area (Å²) in [4.78, 5) is 33.8. The first kappa shape index (κ1) is 17.9. The molecule has 1 aliphatic rings. The number of benzene rings is 1. The van der Waals surface area contributed by atoms with E-state index < -0.39 is 0 Å². The lowest BCUT2D eigenvalue weighted by molar-refractivity contribution is -0.135. The molecule has 1 aromatic carbocycles. The highest BCUT2D eigenvalue weighted by atomic mass is 32.1. The first-order valence-corrected chi connectivity index (χ1v) is 10.3. The van der Waals surface area contributed by atoms with Crippen molar-refractivity contribution in [1.29, 1.82) is 0 Å². The summed E-state index contributed by atoms with van der Waals surface area (Å²) in [5.41, 5.74) is 0.929. The van der Waals surface area contributed by atoms with E-state index >= 15 is 0 Å². The van der Waals surface area contributed by atoms with Crippen molar-refractivity contribution in [2.75, 3.05) is 6.54 Å². The van der Waals surface area contributed by atoms with Crippen LogP contribution in [0.4, 0.5) is 0 Å². The minimum Gasteiger partial charge on any atom is -0.338 e. The van der Waals surface area contributed by atoms with Gasteiger partial charge in [-0.05, 0) is 37.3 Å². The summed E-state index contributed by atoms with van der Waals surface area (Å²) in [6, 6.07) is 12.2. The number of likely N-dealkylation sites (tertiary alicyclic amines) is 1. The van der Waals surface area contributed by atoms with Crippen LogP contribution in [0.25, 0.3) is 20.7 Å². The molecular formula is C21H23N3O2S. The van der Waals surface area contributed by atoms with Crippen LogP contribution in [0.3, 0.4) is 0 Å². The van der Waals surface area contributed by atoms with Crippen molar-refractivity contribution < 1.29 is 4.79 Å². The van der Waals surface area contributed by atoms with Crippen molar-refractivity contribution in [2.45, 2.75) is 45.2 Å². The number of hydrogen-bond donors (Lipinski definition) is 0. The highest BCUT2D eigenvalue weighted by Gasteiger charge is 2.25. The summed E-state index contributed by atoms with van der Waals surface area (Å²) in [5, 5.41) is 0.583. The van der Waals surface area contributed by atoms with Crippen LogP contribution < -0.4 is 5.56 Å². The van der Waals surface area contributed by atoms with Crippen molar-refractivity contribution >= 4 is 27.5 Å². The Morgan fingerprint density at radius 1 is 1.26 bits per heavy atom. The highest BCUT2D eigenvalue weighted by molar-refractivity contribution is 7.21. The summed E-state index contributed by atoms with van der Waals surface area (Å²) >= 11 is 1.50. The van der Waals surface area contributed by atoms with Gasteiger partial charge < -0.3 is 4.90 Å². The van der Waals surface area contributed by atoms with Gasteiger partial charge in [0.05, 0.1) is 11.7 Å². The molecule has 0 bridgehead atoms. The molecule has 2 aromatic heterocycles. The Balaban J connectivity index is 1.62. The van der Waals surface area contributed by atoms with Crippen LogP contribution in [0.15, 0.2) is 47.5 Å². The van der Waals surface area contributed by atoms with E-state index in [9.17, 15) is 9.59 Å². The number of aromatic nitrogens is 2. The number of piperidine rings is 1. The Morgan fingerprint density at radius 3 is 2.85 bits per heavy atom. The lowest BCUT2D eigenvalue weighted by atomic mass is 10.00. The Labute approximate surface area is 162 Å². The molecule has 1 aliphatic heterocycles. The van der Waals surface area contributed by atoms with Crippen molar-refractivity contribution in [1.82, 2.24) is 14.5 Å². The van der Waals surface area contributed by atoms with Gasteiger partial charge in [-0.2, -0.15) is 0 Å². The normalized spacial score (nSPS) is 17.4. The predicted molar refractivity (Wildman–Crippen MR) is 109 cm³/mol. The van der Waals surface area contributed by atoms with E-state index in [1.54, 1.807) is 0 Å². The molecule has 0 N–H and O–H groups in total. The molecule has 0 spiro atoms. The molecule has 4 rings (SSSR count). The van der Waals surface area contributed by atoms with Gasteiger partial charge in [0.2, 0.25) is 5.91 Å². The van der Waals surface area contributed by atoms with E-state index in [0.29, 0.717) is 16.3 Å². The van der Waals surface area contributed by atoms with E-state index in [1.165, 1.54) is 28.7 Å². The van der Waals surface area contributed by atoms with Crippen molar-refractivity contribution in [2.24, 2.45) is 0 Å². The number of hydrogen-bond acceptors (Lipinski definition) is 4. The number of fused-ring (bicyclic) bond motifs is 1. The molecular weight excluding hydrogens is 358 g/mol. The average Bonchev–Trinajstić information content (AvgIpc) is 3.16. The molecule has 0 aliphatic carbocycles. The molecule has 0 unspecified atom stereocenters. The molecule has 0 radical (unpaired) electrons. The van der Waals surface area contributed by atoms with Gasteiger partial charge in [-0.3, -0.25) is 14.2 Å². The minimum atomic E-state index is -0.142. The summed E-state index contributed by atoms with van der Waals surface area (Å²) in [6.45, 7) is 2.97. The lowest BCUT2D eigenvalue weighted by Gasteiger charge is -2.35. The van der Waals surface area contributed by atoms with Crippen LogP contribution in [-0.4, -0.2) is 32.9 Å². The maximum absolute atomic E-state index is 12.9. The van der Waals surface area contributed by atoms with E-state index in [-0.39, 0.29) is 18.0 Å². The number of carbonyl (C=O) groups is 1. The van der Waals surface area contributed by atoms with Gasteiger partial charge in [0.25, 0.3) is 5.56 Å². The number of carbonyl (C=O) groups excluding carboxylic acids is 1. The molecule has 27 heavy (non-hydrogen) atoms. The third kappa shape index (κ3) is 3.54. The fraction of sp³-hybridized carbons (Fsp3) is 0.381. The third-order valence-corrected chi connectivity index (χ3v) is 6.39. The first-order chi connectivity index (χ1) is 13.2. The molecule has 1 atom stereocenters. The summed E-state index contributed by atoms with van der Waals surface area (Å²) in [7, 11) is 0. The number of thiophene rings is 1. The van der Waals surface area contributed by atoms with Gasteiger partial charge in [-0.1, -0.05) is 37.3 Å². The summed E-state index contributed by atoms with van der Waals surface area (Å²) in [6.07, 6.45) is 5.74. The molecule has 1 fully saturated rings. The SMILES string of the molecule is CC[C@H]1CCCCN1C(=O)Cn1cnc2sc(-c3ccccc3)cc2c1=O. The third-order valence-electron chi connectivity index (χ3n) is 5.30. The second-order valence-corrected chi connectivity index (χ2v) is 8.05. The Kier molecular flexibility index (Phi) is 5.07. The molecule has 5 nitrogen and oxygen atoms in total. The maximum atomic E-state index is 12.9. The van der Waals surface area contributed by atoms with Crippen LogP contribution in [0.2, 0.25) is 0 Å². The van der Waals surface area contributed by atoms with Crippen molar-refractivity contribution in [3.63, 3.8) is 0 Å². The van der Waals surface area contributed by atoms with Gasteiger partial charge in [0.15, 0.2) is 0 Å². The Bertz CT molecular complexity index is 1010. The molecule has 3 aromatic rings. The largest absolute Gasteiger partial charge is 0.338 e. The van der Waals surface area contributed by atoms with Crippen LogP contribution in [0.1, 0.15) is 32.6 Å². The second kappa shape index (κ2) is 7.64. The zero-order valence-corrected chi connectivity index (χ0v) is 16.2. The zero-order chi connectivity index (χ0) is 18.8. The van der Waals surface area contributed by atoms with E-state index in [4.69, 9.17) is 0 Å². The molecule has 6 heteroatoms. The first-order valence-electron chi connectivity index (χ1n) is 9.51. The van der Waals surface area contributed by atoms with E-state index in [1.807, 2.05) is 41.3 Å². The van der Waals surface area contributed by atoms with Crippen LogP contribution in [0, 0.1) is 0 Å². The summed E-state index contributed by atoms with van der Waals surface area (Å²) < 4.78 is 1.45. The maximum Gasteiger partial charge on any atom is 0.262 e. The predicted octanol–water partition coefficient (Wildman–Crippen LogP) is 3.92. The molecule has 1 saturated heterocycles. The number of rotatable bonds is 4. The smallest absolute Gasteiger partial charge is 0.262 e. The Hall–Kier alpha value is -2.47. The van der Waals surface area contributed by atoms with Crippen LogP contribution >= 0.6 is 11.3 Å². The standard InChI is InChI=1S/C21H23N3O2S/c1-2-16-10-6-7-11-24(16)19(25)13-23-14-22-20-17(21(23)26)12-18(27-20)15-8-4-3-5-9-15/h3-5,8-9,12,14,16H,2,6-7,10-11,13H2,1H3/t16-/m0/s1. The second-order valence-electron chi connectivity index (χ2n) is 7.02. The topological polar surface area (TPSA) is 55.2 Å². The molecule has 140 valence electrons. The fourth-order valence-corrected chi connectivity index (χ4v) is 4.80. The molecule has 1 amide bonds. The minimum absolute atomic E-state index is 0.0170. The molecule has 3 heterocycles. The van der Waals surface area contributed by atoms with Gasteiger partial charge >= 0.3 is 0 Å². The van der Waals surface area contributed by atoms with Gasteiger partial charge in [-0.15, -0.1) is 11.3 Å². The van der Waals surface area contributed by atoms with Gasteiger partial charge in [0.1, 0.15) is 11.4 Å². The fourth-order valence-electron chi connectivity index (χ4n) is 3.81. The average molecular weight is 382 g/mol. The van der Waals surface area contributed by atoms with Gasteiger partial charge in [-0.25, -0.2) is 4.98 Å². The quantitative estimate of drug-likeness (QED) is 0.688. The van der Waals surface area contributed by atoms with Crippen LogP contribution in [0.5, 0.6) is 0 Å². The van der Waals surface area contributed by atoms with Gasteiger partial charge in [0, 0.05) is 17.5 Å².